The fourth-order valence-corrected chi connectivity index (χ4v) is 9.48. The summed E-state index contributed by atoms with van der Waals surface area (Å²) in [7, 11) is 4.36. The van der Waals surface area contributed by atoms with Crippen molar-refractivity contribution in [2.75, 3.05) is 21.3 Å². The van der Waals surface area contributed by atoms with Crippen molar-refractivity contribution in [1.29, 1.82) is 0 Å². The van der Waals surface area contributed by atoms with Gasteiger partial charge in [0.25, 0.3) is 0 Å². The van der Waals surface area contributed by atoms with E-state index in [-0.39, 0.29) is 73.9 Å². The zero-order valence-corrected chi connectivity index (χ0v) is 49.8. The quantitative estimate of drug-likeness (QED) is 0.0676. The molecule has 99 heavy (non-hydrogen) atoms. The number of alkyl halides is 9. The van der Waals surface area contributed by atoms with Crippen LogP contribution in [0.5, 0.6) is 34.5 Å². The number of hydrogen-bond donors (Lipinski definition) is 3. The second-order valence-corrected chi connectivity index (χ2v) is 20.4. The van der Waals surface area contributed by atoms with Crippen LogP contribution in [0.25, 0.3) is 67.7 Å². The van der Waals surface area contributed by atoms with Crippen LogP contribution >= 0.6 is 0 Å². The van der Waals surface area contributed by atoms with Crippen LogP contribution in [0, 0.1) is 0 Å². The average molecular weight is 1380 g/mol. The Bertz CT molecular complexity index is 4220. The van der Waals surface area contributed by atoms with Crippen molar-refractivity contribution >= 4 is 51.2 Å². The molecule has 0 radical (unpaired) electrons. The Morgan fingerprint density at radius 2 is 0.606 bits per heavy atom. The first kappa shape index (κ1) is 74.4. The van der Waals surface area contributed by atoms with E-state index in [0.717, 1.165) is 54.6 Å². The maximum atomic E-state index is 13.1. The Morgan fingerprint density at radius 3 is 0.828 bits per heavy atom. The minimum Gasteiger partial charge on any atom is -0.497 e. The van der Waals surface area contributed by atoms with E-state index in [9.17, 15) is 69.2 Å². The van der Waals surface area contributed by atoms with Crippen LogP contribution in [0.3, 0.4) is 0 Å². The van der Waals surface area contributed by atoms with Crippen LogP contribution < -0.4 is 28.4 Å². The lowest BCUT2D eigenvalue weighted by atomic mass is 10.1. The summed E-state index contributed by atoms with van der Waals surface area (Å²) in [5, 5.41) is 29.1. The van der Waals surface area contributed by atoms with Gasteiger partial charge in [-0.2, -0.15) is 39.5 Å². The van der Waals surface area contributed by atoms with Gasteiger partial charge in [-0.25, -0.2) is 29.3 Å². The summed E-state index contributed by atoms with van der Waals surface area (Å²) < 4.78 is 168. The summed E-state index contributed by atoms with van der Waals surface area (Å²) in [5.74, 6) is -2.46. The van der Waals surface area contributed by atoms with Crippen molar-refractivity contribution in [1.82, 2.24) is 15.0 Å². The van der Waals surface area contributed by atoms with Crippen LogP contribution in [-0.2, 0) is 32.9 Å². The number of carboxylic acids is 3. The molecule has 0 amide bonds. The van der Waals surface area contributed by atoms with E-state index < -0.39 is 71.4 Å². The number of carbonyl (C=O) groups is 3. The highest BCUT2D eigenvalue weighted by Crippen LogP contribution is 2.43. The number of hydrogen-bond acceptors (Lipinski definition) is 15. The molecule has 0 aliphatic carbocycles. The number of methoxy groups -OCH3 is 3. The van der Waals surface area contributed by atoms with Crippen LogP contribution in [0.4, 0.5) is 39.5 Å². The van der Waals surface area contributed by atoms with Crippen molar-refractivity contribution in [2.45, 2.75) is 59.1 Å². The first-order valence-electron chi connectivity index (χ1n) is 28.1. The number of fused-ring (bicyclic) bond motifs is 3. The molecule has 3 heterocycles. The summed E-state index contributed by atoms with van der Waals surface area (Å²) in [6.07, 6.45) is -19.0. The van der Waals surface area contributed by atoms with Gasteiger partial charge in [0.1, 0.15) is 51.0 Å². The standard InChI is InChI=1S/3C23H16F3NO5.3CH4/c3*1-30-15-9-10-18(16(12-15)21-27-17-7-2-3-8-19(17)32-21)31-20(22(28)29)13-5-4-6-14(11-13)23(24,25)26;;;/h3*2-12,20H,1H3,(H,28,29);3*1H4. The third-order valence-corrected chi connectivity index (χ3v) is 14.1. The highest BCUT2D eigenvalue weighted by Gasteiger charge is 2.36. The number of aliphatic carboxylic acids is 3. The fourth-order valence-electron chi connectivity index (χ4n) is 9.48. The highest BCUT2D eigenvalue weighted by atomic mass is 19.4. The molecule has 0 saturated heterocycles. The smallest absolute Gasteiger partial charge is 0.416 e. The molecule has 3 aromatic heterocycles. The van der Waals surface area contributed by atoms with Gasteiger partial charge in [0.2, 0.25) is 36.0 Å². The lowest BCUT2D eigenvalue weighted by Gasteiger charge is -2.19. The SMILES string of the molecule is C.C.C.COc1ccc(OC(C(=O)O)c2cccc(C(F)(F)F)c2)c(-c2nc3ccccc3o2)c1.COc1ccc(OC(C(=O)O)c2cccc(C(F)(F)F)c2)c(-c2nc3ccccc3o2)c1.COc1ccc(OC(C(=O)O)c2cccc(C(F)(F)F)c2)c(-c2nc3ccccc3o2)c1. The van der Waals surface area contributed by atoms with E-state index in [4.69, 9.17) is 41.7 Å². The van der Waals surface area contributed by atoms with Gasteiger partial charge in [-0.3, -0.25) is 0 Å². The topological polar surface area (TPSA) is 245 Å². The van der Waals surface area contributed by atoms with E-state index >= 15 is 0 Å². The molecule has 18 nitrogen and oxygen atoms in total. The maximum absolute atomic E-state index is 13.1. The molecule has 0 bridgehead atoms. The van der Waals surface area contributed by atoms with Gasteiger partial charge in [0.05, 0.1) is 54.7 Å². The third kappa shape index (κ3) is 17.5. The Kier molecular flexibility index (Phi) is 23.5. The number of nitrogens with zero attached hydrogens (tertiary/aromatic N) is 3. The average Bonchev–Trinajstić information content (AvgIpc) is 1.76. The molecule has 0 fully saturated rings. The normalized spacial score (nSPS) is 12.1. The number of para-hydroxylation sites is 6. The predicted octanol–water partition coefficient (Wildman–Crippen LogP) is 19.1. The Morgan fingerprint density at radius 1 is 0.354 bits per heavy atom. The molecule has 27 heteroatoms. The van der Waals surface area contributed by atoms with Gasteiger partial charge in [-0.05, 0) is 127 Å². The summed E-state index contributed by atoms with van der Waals surface area (Å²) in [5.41, 5.74) is 0.700. The summed E-state index contributed by atoms with van der Waals surface area (Å²) >= 11 is 0. The fraction of sp³-hybridized carbons (Fsp3) is 0.167. The zero-order valence-electron chi connectivity index (χ0n) is 49.8. The van der Waals surface area contributed by atoms with Gasteiger partial charge in [0, 0.05) is 16.7 Å². The van der Waals surface area contributed by atoms with Crippen molar-refractivity contribution in [3.8, 4) is 68.9 Å². The maximum Gasteiger partial charge on any atom is 0.416 e. The van der Waals surface area contributed by atoms with Gasteiger partial charge in [-0.15, -0.1) is 0 Å². The largest absolute Gasteiger partial charge is 0.497 e. The number of carboxylic acid groups (broad SMARTS) is 3. The van der Waals surface area contributed by atoms with E-state index in [0.29, 0.717) is 67.2 Å². The molecule has 3 atom stereocenters. The molecule has 0 aliphatic heterocycles. The highest BCUT2D eigenvalue weighted by molar-refractivity contribution is 5.82. The van der Waals surface area contributed by atoms with Gasteiger partial charge < -0.3 is 57.0 Å². The summed E-state index contributed by atoms with van der Waals surface area (Å²) in [6, 6.07) is 46.7. The monoisotopic (exact) mass is 1380 g/mol. The van der Waals surface area contributed by atoms with E-state index in [1.807, 2.05) is 0 Å². The van der Waals surface area contributed by atoms with Crippen molar-refractivity contribution in [3.63, 3.8) is 0 Å². The van der Waals surface area contributed by atoms with E-state index in [1.54, 1.807) is 91.0 Å². The van der Waals surface area contributed by atoms with Crippen molar-refractivity contribution in [3.05, 3.63) is 234 Å². The first-order valence-corrected chi connectivity index (χ1v) is 28.1. The first-order chi connectivity index (χ1) is 45.8. The van der Waals surface area contributed by atoms with E-state index in [2.05, 4.69) is 15.0 Å². The van der Waals surface area contributed by atoms with Crippen LogP contribution in [-0.4, -0.2) is 69.5 Å². The molecule has 12 aromatic rings. The summed E-state index contributed by atoms with van der Waals surface area (Å²) in [6.45, 7) is 0. The molecule has 3 N–H and O–H groups in total. The minimum absolute atomic E-state index is 0. The van der Waals surface area contributed by atoms with Crippen LogP contribution in [0.1, 0.15) is 74.0 Å². The number of aromatic nitrogens is 3. The van der Waals surface area contributed by atoms with E-state index in [1.165, 1.54) is 75.9 Å². The molecular weight excluding hydrogens is 1320 g/mol. The van der Waals surface area contributed by atoms with Crippen molar-refractivity contribution in [2.24, 2.45) is 0 Å². The lowest BCUT2D eigenvalue weighted by Crippen LogP contribution is -2.19. The van der Waals surface area contributed by atoms with Crippen LogP contribution in [0.2, 0.25) is 0 Å². The second kappa shape index (κ2) is 31.2. The van der Waals surface area contributed by atoms with Gasteiger partial charge in [0.15, 0.2) is 16.7 Å². The lowest BCUT2D eigenvalue weighted by molar-refractivity contribution is -0.146. The molecule has 0 saturated carbocycles. The Balaban J connectivity index is 0.000000206. The molecular formula is C72H60F9N3O15. The third-order valence-electron chi connectivity index (χ3n) is 14.1. The number of halogens is 9. The van der Waals surface area contributed by atoms with Gasteiger partial charge in [-0.1, -0.05) is 95.1 Å². The molecule has 0 spiro atoms. The van der Waals surface area contributed by atoms with Crippen LogP contribution in [0.15, 0.2) is 213 Å². The minimum atomic E-state index is -4.62. The Hall–Kier alpha value is -12.0. The number of rotatable bonds is 18. The van der Waals surface area contributed by atoms with Gasteiger partial charge >= 0.3 is 36.4 Å². The molecule has 0 aliphatic rings. The molecule has 12 rings (SSSR count). The summed E-state index contributed by atoms with van der Waals surface area (Å²) in [4.78, 5) is 48.9. The second-order valence-electron chi connectivity index (χ2n) is 20.4. The molecule has 9 aromatic carbocycles. The van der Waals surface area contributed by atoms with Crippen molar-refractivity contribution < 1.29 is 111 Å². The zero-order chi connectivity index (χ0) is 68.6. The molecule has 3 unspecified atom stereocenters. The molecule has 516 valence electrons. The number of benzene rings is 9. The number of oxazole rings is 3. The number of ether oxygens (including phenoxy) is 6. The Labute approximate surface area is 558 Å². The predicted molar refractivity (Wildman–Crippen MR) is 346 cm³/mol.